The first-order valence-electron chi connectivity index (χ1n) is 14.8. The normalized spacial score (nSPS) is 11.7. The molecule has 11 nitrogen and oxygen atoms in total. The van der Waals surface area contributed by atoms with Crippen LogP contribution in [0.3, 0.4) is 0 Å². The second kappa shape index (κ2) is 16.7. The van der Waals surface area contributed by atoms with Gasteiger partial charge in [0.1, 0.15) is 29.9 Å². The molecule has 0 aliphatic rings. The number of nitrogens with one attached hydrogen (secondary N) is 1. The molecule has 0 saturated carbocycles. The molecule has 0 bridgehead atoms. The van der Waals surface area contributed by atoms with Gasteiger partial charge in [-0.15, -0.1) is 0 Å². The van der Waals surface area contributed by atoms with Gasteiger partial charge in [0.25, 0.3) is 10.0 Å². The number of rotatable bonds is 17. The van der Waals surface area contributed by atoms with Crippen molar-refractivity contribution in [2.24, 2.45) is 0 Å². The molecular weight excluding hydrogens is 617 g/mol. The Kier molecular flexibility index (Phi) is 13.0. The van der Waals surface area contributed by atoms with E-state index in [2.05, 4.69) is 5.32 Å². The number of sulfonamides is 1. The SMILES string of the molecule is CCCCNC(=O)[C@H](CC)N(Cc1ccc(F)cc1)C(=O)CN(c1cc(OC)ccc1OC)S(=O)(=O)c1ccc(OC)c(OC)c1. The number of hydrogen-bond acceptors (Lipinski definition) is 8. The maximum atomic E-state index is 14.4. The molecule has 0 spiro atoms. The van der Waals surface area contributed by atoms with Gasteiger partial charge in [0.2, 0.25) is 11.8 Å². The molecule has 13 heteroatoms. The Hall–Kier alpha value is -4.52. The van der Waals surface area contributed by atoms with Crippen molar-refractivity contribution in [2.45, 2.75) is 50.6 Å². The lowest BCUT2D eigenvalue weighted by molar-refractivity contribution is -0.140. The van der Waals surface area contributed by atoms with E-state index in [0.717, 1.165) is 17.1 Å². The molecule has 3 aromatic carbocycles. The van der Waals surface area contributed by atoms with Gasteiger partial charge in [-0.1, -0.05) is 32.4 Å². The molecule has 3 aromatic rings. The first kappa shape index (κ1) is 36.0. The molecule has 1 atom stereocenters. The quantitative estimate of drug-likeness (QED) is 0.206. The van der Waals surface area contributed by atoms with Crippen molar-refractivity contribution in [3.8, 4) is 23.0 Å². The van der Waals surface area contributed by atoms with Crippen molar-refractivity contribution in [3.63, 3.8) is 0 Å². The average molecular weight is 660 g/mol. The van der Waals surface area contributed by atoms with Crippen molar-refractivity contribution < 1.29 is 41.3 Å². The minimum absolute atomic E-state index is 0.0344. The maximum absolute atomic E-state index is 14.4. The Balaban J connectivity index is 2.17. The van der Waals surface area contributed by atoms with Gasteiger partial charge in [-0.2, -0.15) is 0 Å². The molecule has 0 heterocycles. The third-order valence-corrected chi connectivity index (χ3v) is 9.11. The largest absolute Gasteiger partial charge is 0.497 e. The van der Waals surface area contributed by atoms with E-state index in [0.29, 0.717) is 23.6 Å². The Bertz CT molecular complexity index is 1580. The highest BCUT2D eigenvalue weighted by atomic mass is 32.2. The van der Waals surface area contributed by atoms with Gasteiger partial charge in [0, 0.05) is 25.2 Å². The van der Waals surface area contributed by atoms with Crippen LogP contribution >= 0.6 is 0 Å². The molecule has 0 unspecified atom stereocenters. The van der Waals surface area contributed by atoms with Crippen LogP contribution in [-0.4, -0.2) is 72.7 Å². The second-order valence-corrected chi connectivity index (χ2v) is 12.1. The van der Waals surface area contributed by atoms with Crippen LogP contribution in [0.5, 0.6) is 23.0 Å². The molecular formula is C33H42FN3O8S. The number of carbonyl (C=O) groups is 2. The van der Waals surface area contributed by atoms with Crippen molar-refractivity contribution in [2.75, 3.05) is 45.8 Å². The topological polar surface area (TPSA) is 124 Å². The lowest BCUT2D eigenvalue weighted by Gasteiger charge is -2.33. The van der Waals surface area contributed by atoms with Crippen LogP contribution in [0.4, 0.5) is 10.1 Å². The molecule has 250 valence electrons. The highest BCUT2D eigenvalue weighted by Gasteiger charge is 2.35. The predicted octanol–water partition coefficient (Wildman–Crippen LogP) is 4.78. The Morgan fingerprint density at radius 2 is 1.50 bits per heavy atom. The lowest BCUT2D eigenvalue weighted by atomic mass is 10.1. The standard InChI is InChI=1S/C33H42FN3O8S/c1-7-9-18-35-33(39)27(8-2)36(21-23-10-12-24(34)13-11-23)32(38)22-37(28-19-25(42-3)14-16-29(28)43-4)46(40,41)26-15-17-30(44-5)31(20-26)45-6/h10-17,19-20,27H,7-9,18,21-22H2,1-6H3,(H,35,39)/t27-/m0/s1. The van der Waals surface area contributed by atoms with Crippen molar-refractivity contribution >= 4 is 27.5 Å². The van der Waals surface area contributed by atoms with Gasteiger partial charge in [-0.3, -0.25) is 13.9 Å². The summed E-state index contributed by atoms with van der Waals surface area (Å²) in [6, 6.07) is 13.3. The number of anilines is 1. The van der Waals surface area contributed by atoms with Crippen LogP contribution in [0.15, 0.2) is 65.6 Å². The number of unbranched alkanes of at least 4 members (excludes halogenated alkanes) is 1. The average Bonchev–Trinajstić information content (AvgIpc) is 3.07. The number of nitrogens with zero attached hydrogens (tertiary/aromatic N) is 2. The minimum atomic E-state index is -4.48. The van der Waals surface area contributed by atoms with Crippen LogP contribution < -0.4 is 28.6 Å². The zero-order valence-corrected chi connectivity index (χ0v) is 27.9. The van der Waals surface area contributed by atoms with E-state index in [4.69, 9.17) is 18.9 Å². The van der Waals surface area contributed by atoms with Crippen LogP contribution in [-0.2, 0) is 26.2 Å². The van der Waals surface area contributed by atoms with Crippen LogP contribution in [0.2, 0.25) is 0 Å². The van der Waals surface area contributed by atoms with Crippen molar-refractivity contribution in [3.05, 3.63) is 72.0 Å². The van der Waals surface area contributed by atoms with Gasteiger partial charge >= 0.3 is 0 Å². The first-order chi connectivity index (χ1) is 22.0. The molecule has 0 aromatic heterocycles. The fourth-order valence-corrected chi connectivity index (χ4v) is 6.25. The molecule has 0 saturated heterocycles. The van der Waals surface area contributed by atoms with Crippen molar-refractivity contribution in [1.29, 1.82) is 0 Å². The summed E-state index contributed by atoms with van der Waals surface area (Å²) in [4.78, 5) is 28.8. The summed E-state index contributed by atoms with van der Waals surface area (Å²) in [7, 11) is 1.13. The smallest absolute Gasteiger partial charge is 0.265 e. The van der Waals surface area contributed by atoms with E-state index >= 15 is 0 Å². The maximum Gasteiger partial charge on any atom is 0.265 e. The summed E-state index contributed by atoms with van der Waals surface area (Å²) in [5.41, 5.74) is 0.593. The third-order valence-electron chi connectivity index (χ3n) is 7.36. The molecule has 3 rings (SSSR count). The highest BCUT2D eigenvalue weighted by molar-refractivity contribution is 7.92. The van der Waals surface area contributed by atoms with Crippen LogP contribution in [0.25, 0.3) is 0 Å². The second-order valence-electron chi connectivity index (χ2n) is 10.3. The molecule has 1 N–H and O–H groups in total. The summed E-state index contributed by atoms with van der Waals surface area (Å²) in [6.45, 7) is 3.40. The van der Waals surface area contributed by atoms with E-state index in [-0.39, 0.29) is 41.0 Å². The molecule has 0 aliphatic heterocycles. The minimum Gasteiger partial charge on any atom is -0.497 e. The number of hydrogen-bond donors (Lipinski definition) is 1. The fourth-order valence-electron chi connectivity index (χ4n) is 4.82. The number of halogens is 1. The van der Waals surface area contributed by atoms with Crippen LogP contribution in [0, 0.1) is 5.82 Å². The number of carbonyl (C=O) groups excluding carboxylic acids is 2. The van der Waals surface area contributed by atoms with E-state index < -0.39 is 34.3 Å². The van der Waals surface area contributed by atoms with Gasteiger partial charge in [0.15, 0.2) is 11.5 Å². The Labute approximate surface area is 270 Å². The first-order valence-corrected chi connectivity index (χ1v) is 16.3. The number of ether oxygens (including phenoxy) is 4. The Morgan fingerprint density at radius 1 is 0.848 bits per heavy atom. The third kappa shape index (κ3) is 8.59. The van der Waals surface area contributed by atoms with E-state index in [1.807, 2.05) is 6.92 Å². The van der Waals surface area contributed by atoms with E-state index in [1.165, 1.54) is 87.9 Å². The van der Waals surface area contributed by atoms with Crippen LogP contribution in [0.1, 0.15) is 38.7 Å². The Morgan fingerprint density at radius 3 is 2.09 bits per heavy atom. The molecule has 2 amide bonds. The van der Waals surface area contributed by atoms with Gasteiger partial charge in [-0.05, 0) is 54.8 Å². The highest BCUT2D eigenvalue weighted by Crippen LogP contribution is 2.38. The summed E-state index contributed by atoms with van der Waals surface area (Å²) < 4.78 is 65.0. The van der Waals surface area contributed by atoms with Gasteiger partial charge in [-0.25, -0.2) is 12.8 Å². The lowest BCUT2D eigenvalue weighted by Crippen LogP contribution is -2.52. The van der Waals surface area contributed by atoms with Gasteiger partial charge < -0.3 is 29.2 Å². The summed E-state index contributed by atoms with van der Waals surface area (Å²) >= 11 is 0. The van der Waals surface area contributed by atoms with Gasteiger partial charge in [0.05, 0.1) is 39.0 Å². The number of benzene rings is 3. The fraction of sp³-hybridized carbons (Fsp3) is 0.394. The summed E-state index contributed by atoms with van der Waals surface area (Å²) in [5.74, 6) is -0.542. The van der Waals surface area contributed by atoms with E-state index in [9.17, 15) is 22.4 Å². The van der Waals surface area contributed by atoms with Crippen molar-refractivity contribution in [1.82, 2.24) is 10.2 Å². The summed E-state index contributed by atoms with van der Waals surface area (Å²) in [6.07, 6.45) is 1.86. The van der Waals surface area contributed by atoms with E-state index in [1.54, 1.807) is 13.0 Å². The summed E-state index contributed by atoms with van der Waals surface area (Å²) in [5, 5.41) is 2.88. The predicted molar refractivity (Wildman–Crippen MR) is 173 cm³/mol. The molecule has 0 aliphatic carbocycles. The zero-order valence-electron chi connectivity index (χ0n) is 27.0. The zero-order chi connectivity index (χ0) is 33.9. The molecule has 0 fully saturated rings. The molecule has 0 radical (unpaired) electrons. The molecule has 46 heavy (non-hydrogen) atoms. The number of methoxy groups -OCH3 is 4. The number of amides is 2. The monoisotopic (exact) mass is 659 g/mol.